The van der Waals surface area contributed by atoms with Crippen LogP contribution in [0, 0.1) is 17.3 Å². The van der Waals surface area contributed by atoms with E-state index in [1.54, 1.807) is 0 Å². The predicted molar refractivity (Wildman–Crippen MR) is 86.4 cm³/mol. The summed E-state index contributed by atoms with van der Waals surface area (Å²) < 4.78 is 0. The van der Waals surface area contributed by atoms with Gasteiger partial charge in [0.2, 0.25) is 0 Å². The van der Waals surface area contributed by atoms with Crippen LogP contribution in [0.5, 0.6) is 0 Å². The second-order valence-corrected chi connectivity index (χ2v) is 8.18. The number of rotatable bonds is 2. The van der Waals surface area contributed by atoms with Crippen LogP contribution in [0.15, 0.2) is 0 Å². The van der Waals surface area contributed by atoms with Gasteiger partial charge >= 0.3 is 5.97 Å². The molecule has 1 N–H and O–H groups in total. The normalized spacial score (nSPS) is 33.2. The van der Waals surface area contributed by atoms with E-state index >= 15 is 0 Å². The molecule has 1 saturated carbocycles. The first-order valence-corrected chi connectivity index (χ1v) is 8.86. The monoisotopic (exact) mass is 295 g/mol. The molecule has 3 unspecified atom stereocenters. The average molecular weight is 295 g/mol. The zero-order chi connectivity index (χ0) is 15.5. The molecule has 3 heteroatoms. The fraction of sp³-hybridized carbons (Fsp3) is 0.944. The summed E-state index contributed by atoms with van der Waals surface area (Å²) in [7, 11) is 0. The first-order valence-electron chi connectivity index (χ1n) is 8.86. The van der Waals surface area contributed by atoms with Gasteiger partial charge in [0.25, 0.3) is 0 Å². The van der Waals surface area contributed by atoms with Crippen LogP contribution in [0.1, 0.15) is 72.1 Å². The van der Waals surface area contributed by atoms with Gasteiger partial charge in [-0.1, -0.05) is 40.0 Å². The molecule has 0 radical (unpaired) electrons. The van der Waals surface area contributed by atoms with Crippen LogP contribution in [-0.2, 0) is 4.79 Å². The standard InChI is InChI=1S/C18H33NO2/c1-18(2,3)14-8-7-12-19(13-11-14)16-10-6-4-5-9-15(16)17(20)21/h14-16H,4-13H2,1-3H3,(H,20,21). The number of nitrogens with zero attached hydrogens (tertiary/aromatic N) is 1. The maximum Gasteiger partial charge on any atom is 0.308 e. The van der Waals surface area contributed by atoms with E-state index in [0.29, 0.717) is 5.41 Å². The third-order valence-electron chi connectivity index (χ3n) is 5.75. The molecule has 1 aliphatic carbocycles. The van der Waals surface area contributed by atoms with Gasteiger partial charge < -0.3 is 5.11 Å². The summed E-state index contributed by atoms with van der Waals surface area (Å²) in [5.41, 5.74) is 0.381. The van der Waals surface area contributed by atoms with Crippen LogP contribution < -0.4 is 0 Å². The van der Waals surface area contributed by atoms with E-state index in [2.05, 4.69) is 25.7 Å². The van der Waals surface area contributed by atoms with Gasteiger partial charge in [-0.3, -0.25) is 9.69 Å². The zero-order valence-corrected chi connectivity index (χ0v) is 14.1. The minimum atomic E-state index is -0.571. The first-order chi connectivity index (χ1) is 9.89. The molecule has 0 aromatic carbocycles. The molecule has 122 valence electrons. The van der Waals surface area contributed by atoms with Crippen molar-refractivity contribution in [2.45, 2.75) is 78.2 Å². The Balaban J connectivity index is 2.03. The van der Waals surface area contributed by atoms with Gasteiger partial charge in [0.05, 0.1) is 5.92 Å². The molecule has 2 aliphatic rings. The van der Waals surface area contributed by atoms with Crippen molar-refractivity contribution in [2.24, 2.45) is 17.3 Å². The van der Waals surface area contributed by atoms with Crippen molar-refractivity contribution >= 4 is 5.97 Å². The van der Waals surface area contributed by atoms with Crippen molar-refractivity contribution in [1.29, 1.82) is 0 Å². The van der Waals surface area contributed by atoms with E-state index in [-0.39, 0.29) is 12.0 Å². The van der Waals surface area contributed by atoms with Gasteiger partial charge in [-0.15, -0.1) is 0 Å². The molecular formula is C18H33NO2. The number of carboxylic acids is 1. The van der Waals surface area contributed by atoms with Crippen LogP contribution in [0.25, 0.3) is 0 Å². The van der Waals surface area contributed by atoms with Crippen molar-refractivity contribution in [2.75, 3.05) is 13.1 Å². The molecule has 0 bridgehead atoms. The van der Waals surface area contributed by atoms with Crippen molar-refractivity contribution in [1.82, 2.24) is 4.90 Å². The van der Waals surface area contributed by atoms with Gasteiger partial charge in [0.1, 0.15) is 0 Å². The van der Waals surface area contributed by atoms with E-state index in [1.165, 1.54) is 32.1 Å². The largest absolute Gasteiger partial charge is 0.481 e. The Morgan fingerprint density at radius 3 is 2.33 bits per heavy atom. The van der Waals surface area contributed by atoms with E-state index in [9.17, 15) is 9.90 Å². The van der Waals surface area contributed by atoms with Crippen molar-refractivity contribution in [3.05, 3.63) is 0 Å². The highest BCUT2D eigenvalue weighted by Crippen LogP contribution is 2.36. The summed E-state index contributed by atoms with van der Waals surface area (Å²) in [6.45, 7) is 9.23. The highest BCUT2D eigenvalue weighted by atomic mass is 16.4. The predicted octanol–water partition coefficient (Wildman–Crippen LogP) is 4.17. The van der Waals surface area contributed by atoms with E-state index < -0.39 is 5.97 Å². The molecule has 3 atom stereocenters. The molecular weight excluding hydrogens is 262 g/mol. The molecule has 0 amide bonds. The lowest BCUT2D eigenvalue weighted by atomic mass is 9.77. The van der Waals surface area contributed by atoms with Crippen LogP contribution in [0.4, 0.5) is 0 Å². The minimum Gasteiger partial charge on any atom is -0.481 e. The SMILES string of the molecule is CC(C)(C)C1CCCN(C2CCCCCC2C(=O)O)CC1. The van der Waals surface area contributed by atoms with Crippen molar-refractivity contribution in [3.63, 3.8) is 0 Å². The van der Waals surface area contributed by atoms with Gasteiger partial charge in [-0.25, -0.2) is 0 Å². The minimum absolute atomic E-state index is 0.140. The highest BCUT2D eigenvalue weighted by Gasteiger charge is 2.35. The summed E-state index contributed by atoms with van der Waals surface area (Å²) in [6.07, 6.45) is 9.20. The van der Waals surface area contributed by atoms with Gasteiger partial charge in [-0.2, -0.15) is 0 Å². The van der Waals surface area contributed by atoms with E-state index in [4.69, 9.17) is 0 Å². The maximum absolute atomic E-state index is 11.6. The quantitative estimate of drug-likeness (QED) is 0.777. The van der Waals surface area contributed by atoms with E-state index in [0.717, 1.165) is 38.3 Å². The fourth-order valence-corrected chi connectivity index (χ4v) is 4.33. The molecule has 2 rings (SSSR count). The molecule has 0 aromatic rings. The lowest BCUT2D eigenvalue weighted by Crippen LogP contribution is -2.43. The lowest BCUT2D eigenvalue weighted by Gasteiger charge is -2.34. The Labute approximate surface area is 130 Å². The fourth-order valence-electron chi connectivity index (χ4n) is 4.33. The number of hydrogen-bond acceptors (Lipinski definition) is 2. The molecule has 3 nitrogen and oxygen atoms in total. The first kappa shape index (κ1) is 16.8. The second-order valence-electron chi connectivity index (χ2n) is 8.18. The summed E-state index contributed by atoms with van der Waals surface area (Å²) in [5.74, 6) is 0.0637. The number of carbonyl (C=O) groups is 1. The smallest absolute Gasteiger partial charge is 0.308 e. The van der Waals surface area contributed by atoms with Crippen LogP contribution in [0.3, 0.4) is 0 Å². The zero-order valence-electron chi connectivity index (χ0n) is 14.1. The summed E-state index contributed by atoms with van der Waals surface area (Å²) in [4.78, 5) is 14.2. The molecule has 1 heterocycles. The van der Waals surface area contributed by atoms with Gasteiger partial charge in [0, 0.05) is 6.04 Å². The third-order valence-corrected chi connectivity index (χ3v) is 5.75. The number of likely N-dealkylation sites (tertiary alicyclic amines) is 1. The lowest BCUT2D eigenvalue weighted by molar-refractivity contribution is -0.144. The number of carboxylic acid groups (broad SMARTS) is 1. The Morgan fingerprint density at radius 2 is 1.67 bits per heavy atom. The van der Waals surface area contributed by atoms with Crippen LogP contribution in [0.2, 0.25) is 0 Å². The van der Waals surface area contributed by atoms with Gasteiger partial charge in [-0.05, 0) is 56.5 Å². The maximum atomic E-state index is 11.6. The summed E-state index contributed by atoms with van der Waals surface area (Å²) in [5, 5.41) is 9.59. The molecule has 1 aliphatic heterocycles. The molecule has 2 fully saturated rings. The molecule has 21 heavy (non-hydrogen) atoms. The highest BCUT2D eigenvalue weighted by molar-refractivity contribution is 5.70. The number of hydrogen-bond donors (Lipinski definition) is 1. The molecule has 1 saturated heterocycles. The Kier molecular flexibility index (Phi) is 5.70. The molecule has 0 spiro atoms. The van der Waals surface area contributed by atoms with Crippen molar-refractivity contribution in [3.8, 4) is 0 Å². The van der Waals surface area contributed by atoms with E-state index in [1.807, 2.05) is 0 Å². The number of aliphatic carboxylic acids is 1. The summed E-state index contributed by atoms with van der Waals surface area (Å²) >= 11 is 0. The van der Waals surface area contributed by atoms with Crippen molar-refractivity contribution < 1.29 is 9.90 Å². The topological polar surface area (TPSA) is 40.5 Å². The average Bonchev–Trinajstić information content (AvgIpc) is 2.78. The third kappa shape index (κ3) is 4.45. The van der Waals surface area contributed by atoms with Crippen LogP contribution >= 0.6 is 0 Å². The Hall–Kier alpha value is -0.570. The molecule has 0 aromatic heterocycles. The summed E-state index contributed by atoms with van der Waals surface area (Å²) in [6, 6.07) is 0.281. The second kappa shape index (κ2) is 7.13. The van der Waals surface area contributed by atoms with Gasteiger partial charge in [0.15, 0.2) is 0 Å². The Bertz CT molecular complexity index is 348. The van der Waals surface area contributed by atoms with Crippen LogP contribution in [-0.4, -0.2) is 35.1 Å². The Morgan fingerprint density at radius 1 is 0.952 bits per heavy atom.